The van der Waals surface area contributed by atoms with E-state index in [0.717, 1.165) is 4.47 Å². The van der Waals surface area contributed by atoms with Crippen molar-refractivity contribution in [2.24, 2.45) is 0 Å². The normalized spacial score (nSPS) is 12.1. The molecular weight excluding hydrogens is 328 g/mol. The summed E-state index contributed by atoms with van der Waals surface area (Å²) in [6.45, 7) is 2.64. The largest absolute Gasteiger partial charge is 0.349 e. The predicted molar refractivity (Wildman–Crippen MR) is 78.2 cm³/mol. The van der Waals surface area contributed by atoms with Crippen molar-refractivity contribution in [2.75, 3.05) is 6.54 Å². The fourth-order valence-electron chi connectivity index (χ4n) is 1.43. The molecule has 1 amide bonds. The highest BCUT2D eigenvalue weighted by Crippen LogP contribution is 2.24. The molecule has 1 aromatic heterocycles. The van der Waals surface area contributed by atoms with Gasteiger partial charge in [-0.1, -0.05) is 22.9 Å². The van der Waals surface area contributed by atoms with Gasteiger partial charge in [-0.05, 0) is 24.3 Å². The fraction of sp³-hybridized carbons (Fsp3) is 0.250. The molecule has 0 saturated carbocycles. The minimum Gasteiger partial charge on any atom is -0.349 e. The molecule has 0 saturated heterocycles. The number of thioether (sulfide) groups is 1. The van der Waals surface area contributed by atoms with Crippen molar-refractivity contribution in [3.05, 3.63) is 40.6 Å². The molecule has 1 atom stereocenters. The summed E-state index contributed by atoms with van der Waals surface area (Å²) >= 11 is 5.11. The van der Waals surface area contributed by atoms with Crippen LogP contribution in [0.4, 0.5) is 0 Å². The molecule has 0 aliphatic carbocycles. The van der Waals surface area contributed by atoms with Crippen molar-refractivity contribution in [1.29, 1.82) is 0 Å². The topological polar surface area (TPSA) is 70.7 Å². The van der Waals surface area contributed by atoms with E-state index in [-0.39, 0.29) is 11.2 Å². The van der Waals surface area contributed by atoms with Crippen molar-refractivity contribution in [1.82, 2.24) is 20.7 Å². The van der Waals surface area contributed by atoms with E-state index in [1.54, 1.807) is 11.8 Å². The number of nitrogens with zero attached hydrogens (tertiary/aromatic N) is 2. The Labute approximate surface area is 123 Å². The van der Waals surface area contributed by atoms with Gasteiger partial charge in [-0.25, -0.2) is 0 Å². The van der Waals surface area contributed by atoms with Gasteiger partial charge in [0.2, 0.25) is 0 Å². The van der Waals surface area contributed by atoms with Gasteiger partial charge < -0.3 is 5.32 Å². The van der Waals surface area contributed by atoms with Crippen LogP contribution in [0.2, 0.25) is 0 Å². The van der Waals surface area contributed by atoms with Gasteiger partial charge in [0.1, 0.15) is 0 Å². The van der Waals surface area contributed by atoms with Crippen molar-refractivity contribution < 1.29 is 4.79 Å². The van der Waals surface area contributed by atoms with Crippen LogP contribution in [0.15, 0.2) is 39.8 Å². The zero-order chi connectivity index (χ0) is 13.7. The Morgan fingerprint density at radius 2 is 2.21 bits per heavy atom. The molecule has 2 N–H and O–H groups in total. The number of hydrogen-bond acceptors (Lipinski definition) is 4. The quantitative estimate of drug-likeness (QED) is 0.820. The second-order valence-electron chi connectivity index (χ2n) is 3.95. The van der Waals surface area contributed by atoms with Crippen molar-refractivity contribution in [3.63, 3.8) is 0 Å². The molecule has 2 rings (SSSR count). The van der Waals surface area contributed by atoms with Crippen LogP contribution in [-0.2, 0) is 0 Å². The number of carbonyl (C=O) groups is 1. The van der Waals surface area contributed by atoms with Crippen LogP contribution in [0.5, 0.6) is 0 Å². The van der Waals surface area contributed by atoms with Crippen LogP contribution in [0, 0.1) is 0 Å². The molecule has 0 bridgehead atoms. The Kier molecular flexibility index (Phi) is 4.98. The molecule has 1 aromatic carbocycles. The van der Waals surface area contributed by atoms with Crippen LogP contribution in [0.3, 0.4) is 0 Å². The number of amides is 1. The highest BCUT2D eigenvalue weighted by Gasteiger charge is 2.10. The number of H-pyrrole nitrogens is 1. The van der Waals surface area contributed by atoms with E-state index in [9.17, 15) is 4.79 Å². The summed E-state index contributed by atoms with van der Waals surface area (Å²) < 4.78 is 1.06. The summed E-state index contributed by atoms with van der Waals surface area (Å²) in [5, 5.41) is 12.8. The molecule has 5 nitrogen and oxygen atoms in total. The molecule has 19 heavy (non-hydrogen) atoms. The van der Waals surface area contributed by atoms with E-state index in [0.29, 0.717) is 12.2 Å². The number of aromatic nitrogens is 3. The number of hydrogen-bond donors (Lipinski definition) is 2. The smallest absolute Gasteiger partial charge is 0.273 e. The van der Waals surface area contributed by atoms with Gasteiger partial charge in [-0.2, -0.15) is 15.4 Å². The SMILES string of the molecule is C[C@@H](CNC(=O)c1cn[nH]n1)Sc1ccc(Br)cc1. The van der Waals surface area contributed by atoms with E-state index in [4.69, 9.17) is 0 Å². The predicted octanol–water partition coefficient (Wildman–Crippen LogP) is 2.48. The molecule has 0 fully saturated rings. The summed E-state index contributed by atoms with van der Waals surface area (Å²) in [6.07, 6.45) is 1.40. The van der Waals surface area contributed by atoms with Crippen LogP contribution in [0.1, 0.15) is 17.4 Å². The van der Waals surface area contributed by atoms with Crippen LogP contribution in [-0.4, -0.2) is 33.1 Å². The average molecular weight is 341 g/mol. The Morgan fingerprint density at radius 1 is 1.47 bits per heavy atom. The number of carbonyl (C=O) groups excluding carboxylic acids is 1. The first-order valence-corrected chi connectivity index (χ1v) is 7.38. The van der Waals surface area contributed by atoms with E-state index >= 15 is 0 Å². The Hall–Kier alpha value is -1.34. The first-order valence-electron chi connectivity index (χ1n) is 5.71. The van der Waals surface area contributed by atoms with Gasteiger partial charge in [-0.3, -0.25) is 4.79 Å². The van der Waals surface area contributed by atoms with Crippen LogP contribution >= 0.6 is 27.7 Å². The van der Waals surface area contributed by atoms with Crippen LogP contribution in [0.25, 0.3) is 0 Å². The average Bonchev–Trinajstić information content (AvgIpc) is 2.93. The molecule has 100 valence electrons. The molecule has 0 aliphatic heterocycles. The lowest BCUT2D eigenvalue weighted by Gasteiger charge is -2.11. The van der Waals surface area contributed by atoms with Gasteiger partial charge >= 0.3 is 0 Å². The van der Waals surface area contributed by atoms with Crippen LogP contribution < -0.4 is 5.32 Å². The van der Waals surface area contributed by atoms with E-state index in [1.165, 1.54) is 11.1 Å². The molecule has 1 heterocycles. The lowest BCUT2D eigenvalue weighted by Crippen LogP contribution is -2.29. The maximum atomic E-state index is 11.7. The number of benzene rings is 1. The standard InChI is InChI=1S/C12H13BrN4OS/c1-8(19-10-4-2-9(13)3-5-10)6-14-12(18)11-7-15-17-16-11/h2-5,7-8H,6H2,1H3,(H,14,18)(H,15,16,17)/t8-/m0/s1. The van der Waals surface area contributed by atoms with E-state index in [2.05, 4.69) is 43.6 Å². The number of aromatic amines is 1. The minimum absolute atomic E-state index is 0.211. The van der Waals surface area contributed by atoms with Gasteiger partial charge in [-0.15, -0.1) is 11.8 Å². The Morgan fingerprint density at radius 3 is 2.84 bits per heavy atom. The zero-order valence-electron chi connectivity index (χ0n) is 10.3. The Bertz CT molecular complexity index is 529. The molecule has 0 aliphatic rings. The maximum Gasteiger partial charge on any atom is 0.273 e. The number of rotatable bonds is 5. The fourth-order valence-corrected chi connectivity index (χ4v) is 2.61. The number of halogens is 1. The second-order valence-corrected chi connectivity index (χ2v) is 6.38. The van der Waals surface area contributed by atoms with Crippen molar-refractivity contribution >= 4 is 33.6 Å². The van der Waals surface area contributed by atoms with E-state index < -0.39 is 0 Å². The van der Waals surface area contributed by atoms with Crippen molar-refractivity contribution in [3.8, 4) is 0 Å². The van der Waals surface area contributed by atoms with Crippen molar-refractivity contribution in [2.45, 2.75) is 17.1 Å². The van der Waals surface area contributed by atoms with E-state index in [1.807, 2.05) is 24.3 Å². The van der Waals surface area contributed by atoms with Gasteiger partial charge in [0.25, 0.3) is 5.91 Å². The zero-order valence-corrected chi connectivity index (χ0v) is 12.7. The molecule has 0 unspecified atom stereocenters. The molecule has 0 radical (unpaired) electrons. The Balaban J connectivity index is 1.80. The first-order chi connectivity index (χ1) is 9.15. The monoisotopic (exact) mass is 340 g/mol. The third-order valence-corrected chi connectivity index (χ3v) is 3.99. The lowest BCUT2D eigenvalue weighted by atomic mass is 10.4. The summed E-state index contributed by atoms with van der Waals surface area (Å²) in [5.41, 5.74) is 0.306. The van der Waals surface area contributed by atoms with Gasteiger partial charge in [0.05, 0.1) is 6.20 Å². The maximum absolute atomic E-state index is 11.7. The molecule has 0 spiro atoms. The van der Waals surface area contributed by atoms with Gasteiger partial charge in [0.15, 0.2) is 5.69 Å². The summed E-state index contributed by atoms with van der Waals surface area (Å²) in [6, 6.07) is 8.10. The molecule has 2 aromatic rings. The second kappa shape index (κ2) is 6.72. The first kappa shape index (κ1) is 14.1. The minimum atomic E-state index is -0.211. The number of nitrogens with one attached hydrogen (secondary N) is 2. The lowest BCUT2D eigenvalue weighted by molar-refractivity contribution is 0.0949. The summed E-state index contributed by atoms with van der Waals surface area (Å²) in [4.78, 5) is 12.8. The third kappa shape index (κ3) is 4.36. The highest BCUT2D eigenvalue weighted by molar-refractivity contribution is 9.10. The van der Waals surface area contributed by atoms with Gasteiger partial charge in [0, 0.05) is 21.2 Å². The third-order valence-electron chi connectivity index (χ3n) is 2.35. The highest BCUT2D eigenvalue weighted by atomic mass is 79.9. The summed E-state index contributed by atoms with van der Waals surface area (Å²) in [7, 11) is 0. The molecule has 7 heteroatoms. The molecular formula is C12H13BrN4OS. The summed E-state index contributed by atoms with van der Waals surface area (Å²) in [5.74, 6) is -0.211.